The number of likely N-dealkylation sites (N-methyl/N-ethyl adjacent to an activating group) is 1. The normalized spacial score (nSPS) is 16.9. The van der Waals surface area contributed by atoms with Gasteiger partial charge in [0, 0.05) is 20.1 Å². The van der Waals surface area contributed by atoms with Crippen molar-refractivity contribution < 1.29 is 13.6 Å². The summed E-state index contributed by atoms with van der Waals surface area (Å²) in [6.45, 7) is 1.09. The number of halogens is 2. The van der Waals surface area contributed by atoms with Gasteiger partial charge in [-0.3, -0.25) is 4.79 Å². The molecule has 0 spiro atoms. The molecule has 0 aromatic heterocycles. The van der Waals surface area contributed by atoms with Crippen molar-refractivity contribution in [1.82, 2.24) is 4.90 Å². The van der Waals surface area contributed by atoms with Gasteiger partial charge in [0.2, 0.25) is 5.91 Å². The minimum atomic E-state index is -0.993. The summed E-state index contributed by atoms with van der Waals surface area (Å²) in [7, 11) is 1.69. The highest BCUT2D eigenvalue weighted by molar-refractivity contribution is 5.83. The molecule has 98 valence electrons. The summed E-state index contributed by atoms with van der Waals surface area (Å²) in [6.07, 6.45) is 0.692. The standard InChI is InChI=1S/C12H15F2N3O/c1-16-5-2-6-17(7-10(16)18)12-9(15)4-3-8(13)11(12)14/h3-4H,2,5-7,15H2,1H3. The van der Waals surface area contributed by atoms with Crippen molar-refractivity contribution >= 4 is 17.3 Å². The molecule has 0 unspecified atom stereocenters. The van der Waals surface area contributed by atoms with Crippen molar-refractivity contribution in [3.05, 3.63) is 23.8 Å². The van der Waals surface area contributed by atoms with Crippen LogP contribution in [0, 0.1) is 11.6 Å². The average Bonchev–Trinajstić information content (AvgIpc) is 2.48. The molecule has 1 saturated heterocycles. The zero-order chi connectivity index (χ0) is 13.3. The molecule has 0 bridgehead atoms. The van der Waals surface area contributed by atoms with E-state index in [1.807, 2.05) is 0 Å². The number of hydrogen-bond acceptors (Lipinski definition) is 3. The number of carbonyl (C=O) groups excluding carboxylic acids is 1. The maximum atomic E-state index is 13.8. The van der Waals surface area contributed by atoms with Crippen molar-refractivity contribution in [2.24, 2.45) is 0 Å². The van der Waals surface area contributed by atoms with E-state index in [1.165, 1.54) is 11.0 Å². The van der Waals surface area contributed by atoms with Crippen LogP contribution < -0.4 is 10.6 Å². The fourth-order valence-corrected chi connectivity index (χ4v) is 2.05. The number of nitrogens with two attached hydrogens (primary N) is 1. The molecule has 4 nitrogen and oxygen atoms in total. The van der Waals surface area contributed by atoms with Gasteiger partial charge < -0.3 is 15.5 Å². The zero-order valence-electron chi connectivity index (χ0n) is 10.1. The number of carbonyl (C=O) groups is 1. The van der Waals surface area contributed by atoms with E-state index in [4.69, 9.17) is 5.73 Å². The highest BCUT2D eigenvalue weighted by atomic mass is 19.2. The van der Waals surface area contributed by atoms with Gasteiger partial charge in [-0.2, -0.15) is 0 Å². The van der Waals surface area contributed by atoms with E-state index in [0.717, 1.165) is 6.07 Å². The Hall–Kier alpha value is -1.85. The predicted octanol–water partition coefficient (Wildman–Crippen LogP) is 1.22. The van der Waals surface area contributed by atoms with Crippen LogP contribution in [0.5, 0.6) is 0 Å². The van der Waals surface area contributed by atoms with E-state index in [0.29, 0.717) is 19.5 Å². The minimum absolute atomic E-state index is 0.0150. The second kappa shape index (κ2) is 4.80. The first-order chi connectivity index (χ1) is 8.50. The second-order valence-corrected chi connectivity index (χ2v) is 4.39. The second-order valence-electron chi connectivity index (χ2n) is 4.39. The number of benzene rings is 1. The summed E-state index contributed by atoms with van der Waals surface area (Å²) in [6, 6.07) is 2.30. The highest BCUT2D eigenvalue weighted by Crippen LogP contribution is 2.29. The highest BCUT2D eigenvalue weighted by Gasteiger charge is 2.24. The summed E-state index contributed by atoms with van der Waals surface area (Å²) < 4.78 is 27.0. The maximum absolute atomic E-state index is 13.8. The van der Waals surface area contributed by atoms with Crippen molar-refractivity contribution in [3.63, 3.8) is 0 Å². The van der Waals surface area contributed by atoms with Gasteiger partial charge in [-0.15, -0.1) is 0 Å². The molecule has 18 heavy (non-hydrogen) atoms. The van der Waals surface area contributed by atoms with Crippen LogP contribution in [0.4, 0.5) is 20.2 Å². The lowest BCUT2D eigenvalue weighted by Gasteiger charge is -2.24. The molecule has 0 atom stereocenters. The van der Waals surface area contributed by atoms with Gasteiger partial charge in [-0.1, -0.05) is 0 Å². The summed E-state index contributed by atoms with van der Waals surface area (Å²) in [5.74, 6) is -2.08. The first kappa shape index (κ1) is 12.6. The Morgan fingerprint density at radius 3 is 2.72 bits per heavy atom. The molecule has 0 saturated carbocycles. The van der Waals surface area contributed by atoms with Crippen molar-refractivity contribution in [2.45, 2.75) is 6.42 Å². The van der Waals surface area contributed by atoms with E-state index in [2.05, 4.69) is 0 Å². The Balaban J connectivity index is 2.36. The van der Waals surface area contributed by atoms with Crippen molar-refractivity contribution in [2.75, 3.05) is 37.3 Å². The topological polar surface area (TPSA) is 49.6 Å². The third kappa shape index (κ3) is 2.23. The summed E-state index contributed by atoms with van der Waals surface area (Å²) in [4.78, 5) is 14.8. The largest absolute Gasteiger partial charge is 0.397 e. The van der Waals surface area contributed by atoms with Gasteiger partial charge in [0.15, 0.2) is 11.6 Å². The number of amides is 1. The average molecular weight is 255 g/mol. The molecule has 1 aliphatic heterocycles. The Morgan fingerprint density at radius 2 is 2.00 bits per heavy atom. The van der Waals surface area contributed by atoms with E-state index >= 15 is 0 Å². The number of rotatable bonds is 1. The van der Waals surface area contributed by atoms with Crippen LogP contribution in [0.15, 0.2) is 12.1 Å². The lowest BCUT2D eigenvalue weighted by Crippen LogP contribution is -2.35. The molecule has 0 radical (unpaired) electrons. The van der Waals surface area contributed by atoms with Gasteiger partial charge in [-0.05, 0) is 18.6 Å². The monoisotopic (exact) mass is 255 g/mol. The van der Waals surface area contributed by atoms with E-state index in [1.54, 1.807) is 11.9 Å². The molecule has 6 heteroatoms. The van der Waals surface area contributed by atoms with Crippen LogP contribution in [0.3, 0.4) is 0 Å². The van der Waals surface area contributed by atoms with Gasteiger partial charge in [-0.25, -0.2) is 8.78 Å². The van der Waals surface area contributed by atoms with E-state index in [-0.39, 0.29) is 23.8 Å². The first-order valence-corrected chi connectivity index (χ1v) is 5.73. The number of nitrogens with zero attached hydrogens (tertiary/aromatic N) is 2. The van der Waals surface area contributed by atoms with Crippen molar-refractivity contribution in [1.29, 1.82) is 0 Å². The zero-order valence-corrected chi connectivity index (χ0v) is 10.1. The number of nitrogen functional groups attached to an aromatic ring is 1. The molecule has 2 N–H and O–H groups in total. The third-order valence-corrected chi connectivity index (χ3v) is 3.09. The first-order valence-electron chi connectivity index (χ1n) is 5.73. The van der Waals surface area contributed by atoms with Gasteiger partial charge >= 0.3 is 0 Å². The van der Waals surface area contributed by atoms with E-state index in [9.17, 15) is 13.6 Å². The van der Waals surface area contributed by atoms with Crippen molar-refractivity contribution in [3.8, 4) is 0 Å². The fourth-order valence-electron chi connectivity index (χ4n) is 2.05. The van der Waals surface area contributed by atoms with Gasteiger partial charge in [0.1, 0.15) is 0 Å². The smallest absolute Gasteiger partial charge is 0.241 e. The van der Waals surface area contributed by atoms with Crippen LogP contribution >= 0.6 is 0 Å². The summed E-state index contributed by atoms with van der Waals surface area (Å²) >= 11 is 0. The molecular formula is C12H15F2N3O. The number of hydrogen-bond donors (Lipinski definition) is 1. The molecule has 1 aromatic carbocycles. The molecule has 0 aliphatic carbocycles. The summed E-state index contributed by atoms with van der Waals surface area (Å²) in [5.41, 5.74) is 5.81. The molecular weight excluding hydrogens is 240 g/mol. The van der Waals surface area contributed by atoms with Crippen LogP contribution in [-0.2, 0) is 4.79 Å². The van der Waals surface area contributed by atoms with Gasteiger partial charge in [0.25, 0.3) is 0 Å². The molecule has 1 aromatic rings. The Bertz CT molecular complexity index is 479. The molecule has 2 rings (SSSR count). The Labute approximate surface area is 104 Å². The molecule has 1 heterocycles. The summed E-state index contributed by atoms with van der Waals surface area (Å²) in [5, 5.41) is 0. The van der Waals surface area contributed by atoms with E-state index < -0.39 is 11.6 Å². The molecule has 1 amide bonds. The third-order valence-electron chi connectivity index (χ3n) is 3.09. The molecule has 1 aliphatic rings. The lowest BCUT2D eigenvalue weighted by molar-refractivity contribution is -0.127. The lowest BCUT2D eigenvalue weighted by atomic mass is 10.2. The number of anilines is 2. The van der Waals surface area contributed by atoms with Crippen LogP contribution in [0.2, 0.25) is 0 Å². The van der Waals surface area contributed by atoms with Crippen LogP contribution in [0.25, 0.3) is 0 Å². The predicted molar refractivity (Wildman–Crippen MR) is 65.2 cm³/mol. The Morgan fingerprint density at radius 1 is 1.28 bits per heavy atom. The Kier molecular flexibility index (Phi) is 3.36. The SMILES string of the molecule is CN1CCCN(c2c(N)ccc(F)c2F)CC1=O. The minimum Gasteiger partial charge on any atom is -0.397 e. The van der Waals surface area contributed by atoms with Gasteiger partial charge in [0.05, 0.1) is 17.9 Å². The van der Waals surface area contributed by atoms with Crippen LogP contribution in [-0.4, -0.2) is 37.5 Å². The molecule has 1 fully saturated rings. The quantitative estimate of drug-likeness (QED) is 0.767. The fraction of sp³-hybridized carbons (Fsp3) is 0.417. The van der Waals surface area contributed by atoms with Crippen LogP contribution in [0.1, 0.15) is 6.42 Å². The maximum Gasteiger partial charge on any atom is 0.241 e.